The number of likely N-dealkylation sites (tertiary alicyclic amines) is 1. The summed E-state index contributed by atoms with van der Waals surface area (Å²) in [4.78, 5) is 31.1. The molecule has 1 amide bonds. The molecule has 0 radical (unpaired) electrons. The number of hydrogen-bond donors (Lipinski definition) is 3. The number of aromatic amines is 2. The first-order chi connectivity index (χ1) is 21.3. The van der Waals surface area contributed by atoms with Crippen molar-refractivity contribution in [2.24, 2.45) is 0 Å². The van der Waals surface area contributed by atoms with Crippen LogP contribution in [0.1, 0.15) is 70.2 Å². The summed E-state index contributed by atoms with van der Waals surface area (Å²) in [5.41, 5.74) is 7.25. The lowest BCUT2D eigenvalue weighted by Gasteiger charge is -2.27. The zero-order valence-electron chi connectivity index (χ0n) is 25.2. The standard InChI is InChI=1S/C35H36N6O3/c1-35(2,3)44-34(42)41-15-5-7-29(41)33-37-19-28(40-33)22-9-12-24-23-11-8-21(17-30(23)43-31(24)18-22)20-10-13-25-27(16-20)39-32(38-25)26-6-4-14-36-26/h8-13,16-19,26,29,36H,4-7,14-15H2,1-3H3,(H,37,40)(H,38,39)/t26?,29-/m0/s1. The number of nitrogens with zero attached hydrogens (tertiary/aromatic N) is 3. The van der Waals surface area contributed by atoms with Crippen LogP contribution in [0.2, 0.25) is 0 Å². The first kappa shape index (κ1) is 27.0. The summed E-state index contributed by atoms with van der Waals surface area (Å²) in [5.74, 6) is 1.80. The zero-order chi connectivity index (χ0) is 30.0. The number of imidazole rings is 2. The van der Waals surface area contributed by atoms with Crippen molar-refractivity contribution >= 4 is 39.1 Å². The summed E-state index contributed by atoms with van der Waals surface area (Å²) in [6.45, 7) is 7.38. The average Bonchev–Trinajstić information content (AvgIpc) is 3.83. The van der Waals surface area contributed by atoms with E-state index in [0.29, 0.717) is 12.6 Å². The Hall–Kier alpha value is -4.63. The number of ether oxygens (including phenoxy) is 1. The van der Waals surface area contributed by atoms with E-state index in [1.807, 2.05) is 27.0 Å². The number of fused-ring (bicyclic) bond motifs is 4. The molecular weight excluding hydrogens is 552 g/mol. The van der Waals surface area contributed by atoms with Gasteiger partial charge < -0.3 is 24.4 Å². The van der Waals surface area contributed by atoms with Gasteiger partial charge in [-0.3, -0.25) is 4.90 Å². The van der Waals surface area contributed by atoms with E-state index >= 15 is 0 Å². The number of aromatic nitrogens is 4. The number of carbonyl (C=O) groups is 1. The average molecular weight is 589 g/mol. The molecule has 8 rings (SSSR count). The van der Waals surface area contributed by atoms with Crippen LogP contribution in [-0.2, 0) is 4.74 Å². The fourth-order valence-electron chi connectivity index (χ4n) is 6.66. The normalized spacial score (nSPS) is 19.1. The Bertz CT molecular complexity index is 2020. The molecule has 0 bridgehead atoms. The second-order valence-corrected chi connectivity index (χ2v) is 13.0. The Morgan fingerprint density at radius 1 is 0.909 bits per heavy atom. The van der Waals surface area contributed by atoms with E-state index in [2.05, 4.69) is 74.9 Å². The Balaban J connectivity index is 1.07. The SMILES string of the molecule is CC(C)(C)OC(=O)N1CCC[C@H]1c1ncc(-c2ccc3c(c2)oc2cc(-c4ccc5nc(C6CCCN6)[nH]c5c4)ccc23)[nH]1. The van der Waals surface area contributed by atoms with E-state index in [-0.39, 0.29) is 12.1 Å². The first-order valence-electron chi connectivity index (χ1n) is 15.5. The van der Waals surface area contributed by atoms with Gasteiger partial charge in [0.2, 0.25) is 0 Å². The second-order valence-electron chi connectivity index (χ2n) is 13.0. The van der Waals surface area contributed by atoms with Crippen molar-refractivity contribution < 1.29 is 13.9 Å². The largest absolute Gasteiger partial charge is 0.456 e. The molecule has 9 nitrogen and oxygen atoms in total. The fraction of sp³-hybridized carbons (Fsp3) is 0.343. The maximum absolute atomic E-state index is 12.8. The molecule has 224 valence electrons. The molecule has 6 aromatic rings. The highest BCUT2D eigenvalue weighted by atomic mass is 16.6. The monoisotopic (exact) mass is 588 g/mol. The van der Waals surface area contributed by atoms with Crippen molar-refractivity contribution in [2.45, 2.75) is 64.1 Å². The molecule has 2 aliphatic rings. The van der Waals surface area contributed by atoms with Gasteiger partial charge in [0.1, 0.15) is 28.4 Å². The summed E-state index contributed by atoms with van der Waals surface area (Å²) in [7, 11) is 0. The molecule has 2 aliphatic heterocycles. The van der Waals surface area contributed by atoms with E-state index in [1.165, 1.54) is 6.42 Å². The Kier molecular flexibility index (Phi) is 6.27. The molecule has 5 heterocycles. The van der Waals surface area contributed by atoms with E-state index in [1.54, 1.807) is 4.90 Å². The van der Waals surface area contributed by atoms with Gasteiger partial charge >= 0.3 is 6.09 Å². The lowest BCUT2D eigenvalue weighted by molar-refractivity contribution is 0.0218. The van der Waals surface area contributed by atoms with Crippen molar-refractivity contribution in [1.82, 2.24) is 30.2 Å². The molecule has 44 heavy (non-hydrogen) atoms. The number of benzene rings is 3. The van der Waals surface area contributed by atoms with Crippen LogP contribution in [0.25, 0.3) is 55.4 Å². The minimum Gasteiger partial charge on any atom is -0.456 e. The van der Waals surface area contributed by atoms with Crippen LogP contribution in [0.3, 0.4) is 0 Å². The van der Waals surface area contributed by atoms with Crippen LogP contribution < -0.4 is 5.32 Å². The third-order valence-corrected chi connectivity index (χ3v) is 8.80. The molecule has 2 saturated heterocycles. The molecule has 3 aromatic carbocycles. The van der Waals surface area contributed by atoms with Crippen molar-refractivity contribution in [3.8, 4) is 22.4 Å². The lowest BCUT2D eigenvalue weighted by atomic mass is 10.0. The minimum absolute atomic E-state index is 0.126. The predicted octanol–water partition coefficient (Wildman–Crippen LogP) is 8.02. The molecule has 3 aromatic heterocycles. The molecule has 0 aliphatic carbocycles. The minimum atomic E-state index is -0.537. The highest BCUT2D eigenvalue weighted by Crippen LogP contribution is 2.37. The Morgan fingerprint density at radius 3 is 2.43 bits per heavy atom. The fourth-order valence-corrected chi connectivity index (χ4v) is 6.66. The highest BCUT2D eigenvalue weighted by molar-refractivity contribution is 6.07. The number of hydrogen-bond acceptors (Lipinski definition) is 6. The number of rotatable bonds is 4. The molecule has 9 heteroatoms. The van der Waals surface area contributed by atoms with Gasteiger partial charge in [0, 0.05) is 22.9 Å². The third kappa shape index (κ3) is 4.81. The van der Waals surface area contributed by atoms with E-state index in [0.717, 1.165) is 92.8 Å². The topological polar surface area (TPSA) is 112 Å². The van der Waals surface area contributed by atoms with Gasteiger partial charge in [-0.1, -0.05) is 18.2 Å². The van der Waals surface area contributed by atoms with E-state index in [9.17, 15) is 4.79 Å². The van der Waals surface area contributed by atoms with Crippen LogP contribution in [0.4, 0.5) is 4.79 Å². The predicted molar refractivity (Wildman–Crippen MR) is 171 cm³/mol. The van der Waals surface area contributed by atoms with Crippen LogP contribution >= 0.6 is 0 Å². The van der Waals surface area contributed by atoms with Crippen LogP contribution in [0, 0.1) is 0 Å². The second kappa shape index (κ2) is 10.2. The van der Waals surface area contributed by atoms with Crippen molar-refractivity contribution in [3.05, 3.63) is 72.4 Å². The summed E-state index contributed by atoms with van der Waals surface area (Å²) in [6.07, 6.45) is 5.61. The van der Waals surface area contributed by atoms with Gasteiger partial charge in [0.15, 0.2) is 0 Å². The Morgan fingerprint density at radius 2 is 1.66 bits per heavy atom. The quantitative estimate of drug-likeness (QED) is 0.192. The van der Waals surface area contributed by atoms with Crippen molar-refractivity contribution in [2.75, 3.05) is 13.1 Å². The van der Waals surface area contributed by atoms with Crippen molar-refractivity contribution in [1.29, 1.82) is 0 Å². The molecule has 0 spiro atoms. The maximum Gasteiger partial charge on any atom is 0.410 e. The van der Waals surface area contributed by atoms with Crippen molar-refractivity contribution in [3.63, 3.8) is 0 Å². The third-order valence-electron chi connectivity index (χ3n) is 8.80. The van der Waals surface area contributed by atoms with Crippen LogP contribution in [-0.4, -0.2) is 49.6 Å². The van der Waals surface area contributed by atoms with Gasteiger partial charge in [0.25, 0.3) is 0 Å². The highest BCUT2D eigenvalue weighted by Gasteiger charge is 2.35. The van der Waals surface area contributed by atoms with Gasteiger partial charge in [-0.15, -0.1) is 0 Å². The summed E-state index contributed by atoms with van der Waals surface area (Å²) in [6, 6.07) is 19.2. The Labute approximate surface area is 255 Å². The van der Waals surface area contributed by atoms with E-state index < -0.39 is 5.60 Å². The summed E-state index contributed by atoms with van der Waals surface area (Å²) < 4.78 is 12.0. The number of carbonyl (C=O) groups excluding carboxylic acids is 1. The molecular formula is C35H36N6O3. The van der Waals surface area contributed by atoms with Gasteiger partial charge in [-0.25, -0.2) is 14.8 Å². The lowest BCUT2D eigenvalue weighted by Crippen LogP contribution is -2.36. The van der Waals surface area contributed by atoms with Crippen LogP contribution in [0.5, 0.6) is 0 Å². The van der Waals surface area contributed by atoms with Gasteiger partial charge in [-0.05, 0) is 101 Å². The summed E-state index contributed by atoms with van der Waals surface area (Å²) in [5, 5.41) is 5.67. The zero-order valence-corrected chi connectivity index (χ0v) is 25.2. The number of furan rings is 1. The van der Waals surface area contributed by atoms with Gasteiger partial charge in [0.05, 0.1) is 35.0 Å². The molecule has 2 atom stereocenters. The van der Waals surface area contributed by atoms with Crippen LogP contribution in [0.15, 0.2) is 65.2 Å². The number of nitrogens with one attached hydrogen (secondary N) is 3. The molecule has 1 unspecified atom stereocenters. The number of H-pyrrole nitrogens is 2. The van der Waals surface area contributed by atoms with E-state index in [4.69, 9.17) is 14.1 Å². The summed E-state index contributed by atoms with van der Waals surface area (Å²) >= 11 is 0. The van der Waals surface area contributed by atoms with Gasteiger partial charge in [-0.2, -0.15) is 0 Å². The smallest absolute Gasteiger partial charge is 0.410 e. The molecule has 2 fully saturated rings. The maximum atomic E-state index is 12.8. The molecule has 3 N–H and O–H groups in total. The number of amides is 1. The molecule has 0 saturated carbocycles. The first-order valence-corrected chi connectivity index (χ1v) is 15.5.